The van der Waals surface area contributed by atoms with Gasteiger partial charge in [0.1, 0.15) is 18.1 Å². The van der Waals surface area contributed by atoms with Gasteiger partial charge in [0, 0.05) is 30.6 Å². The van der Waals surface area contributed by atoms with E-state index in [2.05, 4.69) is 38.4 Å². The molecule has 0 radical (unpaired) electrons. The first-order valence-corrected chi connectivity index (χ1v) is 16.3. The molecule has 2 aromatic carbocycles. The van der Waals surface area contributed by atoms with Crippen molar-refractivity contribution in [1.82, 2.24) is 16.0 Å². The number of benzene rings is 2. The fourth-order valence-electron chi connectivity index (χ4n) is 4.62. The van der Waals surface area contributed by atoms with E-state index in [1.165, 1.54) is 0 Å². The van der Waals surface area contributed by atoms with E-state index < -0.39 is 52.7 Å². The lowest BCUT2D eigenvalue weighted by Gasteiger charge is -2.22. The van der Waals surface area contributed by atoms with Crippen LogP contribution >= 0.6 is 0 Å². The van der Waals surface area contributed by atoms with Crippen LogP contribution in [0.15, 0.2) is 66.6 Å². The summed E-state index contributed by atoms with van der Waals surface area (Å²) < 4.78 is 0. The molecule has 3 amide bonds. The van der Waals surface area contributed by atoms with Gasteiger partial charge in [0.15, 0.2) is 5.82 Å². The van der Waals surface area contributed by atoms with Crippen LogP contribution in [0, 0.1) is 33.3 Å². The molecule has 0 saturated heterocycles. The number of aliphatic carboxylic acids is 2. The highest BCUT2D eigenvalue weighted by Crippen LogP contribution is 2.18. The molecule has 0 heterocycles. The van der Waals surface area contributed by atoms with E-state index in [-0.39, 0.29) is 49.3 Å². The largest absolute Gasteiger partial charge is 0.480 e. The third-order valence-electron chi connectivity index (χ3n) is 6.92. The molecule has 0 aromatic heterocycles. The predicted octanol–water partition coefficient (Wildman–Crippen LogP) is 3.72. The van der Waals surface area contributed by atoms with Crippen molar-refractivity contribution >= 4 is 41.0 Å². The van der Waals surface area contributed by atoms with Crippen molar-refractivity contribution in [2.75, 3.05) is 10.6 Å². The number of nitrogens with one attached hydrogen (secondary N) is 5. The Labute approximate surface area is 296 Å². The molecule has 0 spiro atoms. The maximum atomic E-state index is 13.2. The number of carbonyl (C=O) groups excluding carboxylic acids is 3. The third kappa shape index (κ3) is 16.8. The fraction of sp³-hybridized carbons (Fsp3) is 0.417. The Balaban J connectivity index is 2.02. The summed E-state index contributed by atoms with van der Waals surface area (Å²) >= 11 is 0. The van der Waals surface area contributed by atoms with Gasteiger partial charge in [-0.1, -0.05) is 65.0 Å². The van der Waals surface area contributed by atoms with Gasteiger partial charge >= 0.3 is 11.9 Å². The highest BCUT2D eigenvalue weighted by atomic mass is 16.6. The Bertz CT molecular complexity index is 1620. The zero-order chi connectivity index (χ0) is 38.1. The van der Waals surface area contributed by atoms with Crippen molar-refractivity contribution in [3.8, 4) is 11.8 Å². The Morgan fingerprint density at radius 1 is 0.784 bits per heavy atom. The molecule has 2 rings (SSSR count). The van der Waals surface area contributed by atoms with E-state index in [0.29, 0.717) is 16.9 Å². The minimum Gasteiger partial charge on any atom is -0.480 e. The average Bonchev–Trinajstić information content (AvgIpc) is 3.01. The van der Waals surface area contributed by atoms with Gasteiger partial charge in [0.25, 0.3) is 6.20 Å². The monoisotopic (exact) mass is 706 g/mol. The summed E-state index contributed by atoms with van der Waals surface area (Å²) in [5, 5.41) is 43.7. The summed E-state index contributed by atoms with van der Waals surface area (Å²) in [7, 11) is 0. The Morgan fingerprint density at radius 2 is 1.29 bits per heavy atom. The molecular formula is C36H46N6O9. The van der Waals surface area contributed by atoms with Gasteiger partial charge in [0.05, 0.1) is 11.3 Å². The van der Waals surface area contributed by atoms with Crippen LogP contribution in [0.25, 0.3) is 0 Å². The molecule has 3 atom stereocenters. The van der Waals surface area contributed by atoms with Gasteiger partial charge in [-0.15, -0.1) is 11.8 Å². The predicted molar refractivity (Wildman–Crippen MR) is 191 cm³/mol. The highest BCUT2D eigenvalue weighted by molar-refractivity contribution is 5.91. The van der Waals surface area contributed by atoms with Crippen LogP contribution in [0.3, 0.4) is 0 Å². The van der Waals surface area contributed by atoms with Crippen molar-refractivity contribution < 1.29 is 39.1 Å². The first-order chi connectivity index (χ1) is 23.9. The molecule has 15 nitrogen and oxygen atoms in total. The molecule has 3 unspecified atom stereocenters. The van der Waals surface area contributed by atoms with E-state index in [1.54, 1.807) is 48.5 Å². The fourth-order valence-corrected chi connectivity index (χ4v) is 4.62. The molecule has 7 N–H and O–H groups in total. The smallest absolute Gasteiger partial charge is 0.327 e. The molecule has 0 fully saturated rings. The first kappa shape index (κ1) is 41.3. The SMILES string of the molecule is CC(C)CC(NC(=O)Cc1ccc(NC(=C[N+](=O)[O-])Nc2ccccc2)cc1)C(=O)NC(CC#CCC(NC(=O)CC(C)(C)C)C(=O)O)C(=O)O. The number of para-hydroxylation sites is 1. The number of carboxylic acid groups (broad SMARTS) is 2. The number of hydrogen-bond acceptors (Lipinski definition) is 9. The second-order valence-corrected chi connectivity index (χ2v) is 13.4. The van der Waals surface area contributed by atoms with Crippen molar-refractivity contribution in [3.05, 3.63) is 82.3 Å². The Morgan fingerprint density at radius 3 is 1.78 bits per heavy atom. The maximum Gasteiger partial charge on any atom is 0.327 e. The van der Waals surface area contributed by atoms with E-state index in [9.17, 15) is 44.3 Å². The molecule has 0 aliphatic carbocycles. The zero-order valence-corrected chi connectivity index (χ0v) is 29.3. The number of carboxylic acids is 2. The summed E-state index contributed by atoms with van der Waals surface area (Å²) in [5.41, 5.74) is 1.39. The maximum absolute atomic E-state index is 13.2. The summed E-state index contributed by atoms with van der Waals surface area (Å²) in [6.07, 6.45) is 0.400. The van der Waals surface area contributed by atoms with Crippen LogP contribution in [0.4, 0.5) is 11.4 Å². The standard InChI is InChI=1S/C36H46N6O9/c1-23(2)19-29(33(45)41-28(35(48)49)14-10-9-13-27(34(46)47)39-32(44)21-36(3,4)5)40-31(43)20-24-15-17-26(18-16-24)38-30(22-42(50)51)37-25-11-7-6-8-12-25/h6-8,11-12,15-18,22-23,27-29,37-38H,13-14,19-21H2,1-5H3,(H,39,44)(H,40,43)(H,41,45)(H,46,47)(H,48,49). The van der Waals surface area contributed by atoms with Crippen molar-refractivity contribution in [1.29, 1.82) is 0 Å². The summed E-state index contributed by atoms with van der Waals surface area (Å²) in [6.45, 7) is 9.18. The van der Waals surface area contributed by atoms with Crippen molar-refractivity contribution in [2.45, 2.75) is 84.8 Å². The second-order valence-electron chi connectivity index (χ2n) is 13.4. The average molecular weight is 707 g/mol. The van der Waals surface area contributed by atoms with Gasteiger partial charge in [-0.05, 0) is 47.6 Å². The summed E-state index contributed by atoms with van der Waals surface area (Å²) in [5.74, 6) is 0.912. The quantitative estimate of drug-likeness (QED) is 0.0671. The number of anilines is 2. The Kier molecular flexibility index (Phi) is 16.1. The molecule has 2 aromatic rings. The second kappa shape index (κ2) is 19.9. The number of rotatable bonds is 18. The van der Waals surface area contributed by atoms with E-state index in [1.807, 2.05) is 40.7 Å². The summed E-state index contributed by atoms with van der Waals surface area (Å²) in [6, 6.07) is 11.7. The molecule has 0 aliphatic rings. The van der Waals surface area contributed by atoms with Gasteiger partial charge in [-0.3, -0.25) is 24.5 Å². The highest BCUT2D eigenvalue weighted by Gasteiger charge is 2.27. The van der Waals surface area contributed by atoms with Crippen LogP contribution in [0.5, 0.6) is 0 Å². The van der Waals surface area contributed by atoms with E-state index in [4.69, 9.17) is 0 Å². The molecule has 274 valence electrons. The van der Waals surface area contributed by atoms with Crippen LogP contribution in [0.1, 0.15) is 65.9 Å². The van der Waals surface area contributed by atoms with Crippen LogP contribution in [-0.2, 0) is 30.4 Å². The molecule has 51 heavy (non-hydrogen) atoms. The molecule has 15 heteroatoms. The zero-order valence-electron chi connectivity index (χ0n) is 29.3. The number of carbonyl (C=O) groups is 5. The van der Waals surface area contributed by atoms with Crippen LogP contribution < -0.4 is 26.6 Å². The van der Waals surface area contributed by atoms with Gasteiger partial charge in [-0.25, -0.2) is 9.59 Å². The lowest BCUT2D eigenvalue weighted by molar-refractivity contribution is -0.403. The molecule has 0 aliphatic heterocycles. The lowest BCUT2D eigenvalue weighted by Crippen LogP contribution is -2.52. The third-order valence-corrected chi connectivity index (χ3v) is 6.92. The molecule has 0 saturated carbocycles. The van der Waals surface area contributed by atoms with Crippen LogP contribution in [-0.4, -0.2) is 62.9 Å². The lowest BCUT2D eigenvalue weighted by atomic mass is 9.92. The minimum atomic E-state index is -1.44. The number of nitro groups is 1. The first-order valence-electron chi connectivity index (χ1n) is 16.3. The molecular weight excluding hydrogens is 660 g/mol. The number of nitrogens with zero attached hydrogens (tertiary/aromatic N) is 1. The van der Waals surface area contributed by atoms with E-state index >= 15 is 0 Å². The number of hydrogen-bond donors (Lipinski definition) is 7. The van der Waals surface area contributed by atoms with Gasteiger partial charge in [0.2, 0.25) is 17.7 Å². The van der Waals surface area contributed by atoms with Crippen LogP contribution in [0.2, 0.25) is 0 Å². The Hall–Kier alpha value is -5.91. The van der Waals surface area contributed by atoms with Gasteiger partial charge < -0.3 is 36.8 Å². The molecule has 0 bridgehead atoms. The van der Waals surface area contributed by atoms with Crippen molar-refractivity contribution in [2.24, 2.45) is 11.3 Å². The number of amides is 3. The van der Waals surface area contributed by atoms with Gasteiger partial charge in [-0.2, -0.15) is 0 Å². The topological polar surface area (TPSA) is 229 Å². The van der Waals surface area contributed by atoms with Crippen molar-refractivity contribution in [3.63, 3.8) is 0 Å². The van der Waals surface area contributed by atoms with E-state index in [0.717, 1.165) is 6.20 Å². The summed E-state index contributed by atoms with van der Waals surface area (Å²) in [4.78, 5) is 72.4. The minimum absolute atomic E-state index is 0.0400. The normalized spacial score (nSPS) is 13.0.